The third-order valence-corrected chi connectivity index (χ3v) is 7.90. The van der Waals surface area contributed by atoms with E-state index in [1.54, 1.807) is 18.4 Å². The molecule has 1 aromatic carbocycles. The molecule has 0 bridgehead atoms. The summed E-state index contributed by atoms with van der Waals surface area (Å²) in [5.41, 5.74) is 5.34. The van der Waals surface area contributed by atoms with Gasteiger partial charge in [0, 0.05) is 34.6 Å². The Balaban J connectivity index is 1.69. The van der Waals surface area contributed by atoms with E-state index in [1.165, 1.54) is 0 Å². The highest BCUT2D eigenvalue weighted by atomic mass is 32.1. The number of hydrogen-bond donors (Lipinski definition) is 1. The minimum absolute atomic E-state index is 0.0835. The van der Waals surface area contributed by atoms with Crippen LogP contribution in [0, 0.1) is 0 Å². The molecule has 2 aliphatic heterocycles. The maximum Gasteiger partial charge on any atom is 0.270 e. The molecule has 1 N–H and O–H groups in total. The summed E-state index contributed by atoms with van der Waals surface area (Å²) in [7, 11) is 7.13. The zero-order valence-corrected chi connectivity index (χ0v) is 20.6. The summed E-state index contributed by atoms with van der Waals surface area (Å²) >= 11 is 1.66. The molecule has 8 heteroatoms. The molecular weight excluding hydrogens is 445 g/mol. The number of carbonyl (C=O) groups is 2. The van der Waals surface area contributed by atoms with Crippen molar-refractivity contribution in [1.82, 2.24) is 9.47 Å². The summed E-state index contributed by atoms with van der Waals surface area (Å²) in [5, 5.41) is 4.91. The van der Waals surface area contributed by atoms with Gasteiger partial charge in [0.15, 0.2) is 0 Å². The fourth-order valence-electron chi connectivity index (χ4n) is 5.24. The molecule has 5 rings (SSSR count). The first-order chi connectivity index (χ1) is 16.3. The first kappa shape index (κ1) is 22.8. The van der Waals surface area contributed by atoms with Gasteiger partial charge in [-0.3, -0.25) is 9.59 Å². The minimum Gasteiger partial charge on any atom is -0.495 e. The zero-order valence-electron chi connectivity index (χ0n) is 19.8. The molecule has 1 fully saturated rings. The van der Waals surface area contributed by atoms with Crippen molar-refractivity contribution in [3.8, 4) is 27.4 Å². The van der Waals surface area contributed by atoms with Gasteiger partial charge in [-0.2, -0.15) is 0 Å². The van der Waals surface area contributed by atoms with Gasteiger partial charge in [0.1, 0.15) is 11.4 Å². The molecule has 0 saturated carbocycles. The number of methoxy groups -OCH3 is 1. The highest BCUT2D eigenvalue weighted by Gasteiger charge is 2.38. The van der Waals surface area contributed by atoms with Crippen LogP contribution in [0.4, 0.5) is 5.69 Å². The van der Waals surface area contributed by atoms with E-state index in [1.807, 2.05) is 23.1 Å². The molecular formula is C26H28BN3O3S. The lowest BCUT2D eigenvalue weighted by atomic mass is 9.94. The lowest BCUT2D eigenvalue weighted by molar-refractivity contribution is -0.114. The standard InChI is InChI=1S/C26H28BN3O3S/c1-26(2)8-5-9-30(26)25(32)20-14-18(22-6-4-11-34-22)24-17-13-19(28-23(31)15-27)21(33-3)12-16(17)7-10-29(20)24/h4,6,11-14H,5,7-10,15H2,1-3H3,(H,28,31). The van der Waals surface area contributed by atoms with Gasteiger partial charge in [-0.15, -0.1) is 11.3 Å². The van der Waals surface area contributed by atoms with Crippen molar-refractivity contribution in [3.63, 3.8) is 0 Å². The number of nitrogens with one attached hydrogen (secondary N) is 1. The normalized spacial score (nSPS) is 16.1. The molecule has 0 atom stereocenters. The van der Waals surface area contributed by atoms with E-state index >= 15 is 0 Å². The number of benzene rings is 1. The van der Waals surface area contributed by atoms with Crippen LogP contribution >= 0.6 is 11.3 Å². The zero-order chi connectivity index (χ0) is 24.0. The summed E-state index contributed by atoms with van der Waals surface area (Å²) in [6, 6.07) is 10.1. The minimum atomic E-state index is -0.282. The topological polar surface area (TPSA) is 63.6 Å². The molecule has 2 amide bonds. The maximum atomic E-state index is 13.8. The van der Waals surface area contributed by atoms with E-state index in [9.17, 15) is 9.59 Å². The number of likely N-dealkylation sites (tertiary alicyclic amines) is 1. The average molecular weight is 473 g/mol. The summed E-state index contributed by atoms with van der Waals surface area (Å²) in [6.45, 7) is 5.78. The lowest BCUT2D eigenvalue weighted by Crippen LogP contribution is -2.43. The summed E-state index contributed by atoms with van der Waals surface area (Å²) < 4.78 is 7.72. The van der Waals surface area contributed by atoms with Crippen LogP contribution in [0.5, 0.6) is 5.75 Å². The fourth-order valence-corrected chi connectivity index (χ4v) is 5.98. The van der Waals surface area contributed by atoms with Gasteiger partial charge in [0.25, 0.3) is 5.91 Å². The Kier molecular flexibility index (Phi) is 5.80. The smallest absolute Gasteiger partial charge is 0.270 e. The Labute approximate surface area is 205 Å². The lowest BCUT2D eigenvalue weighted by Gasteiger charge is -2.32. The van der Waals surface area contributed by atoms with Crippen molar-refractivity contribution < 1.29 is 14.3 Å². The number of fused-ring (bicyclic) bond motifs is 3. The molecule has 4 heterocycles. The summed E-state index contributed by atoms with van der Waals surface area (Å²) in [6.07, 6.45) is 2.70. The molecule has 0 aliphatic carbocycles. The van der Waals surface area contributed by atoms with Gasteiger partial charge in [-0.25, -0.2) is 0 Å². The van der Waals surface area contributed by atoms with Gasteiger partial charge in [0.05, 0.1) is 26.3 Å². The predicted molar refractivity (Wildman–Crippen MR) is 137 cm³/mol. The monoisotopic (exact) mass is 473 g/mol. The van der Waals surface area contributed by atoms with Crippen molar-refractivity contribution in [1.29, 1.82) is 0 Å². The summed E-state index contributed by atoms with van der Waals surface area (Å²) in [4.78, 5) is 29.0. The first-order valence-corrected chi connectivity index (χ1v) is 12.5. The maximum absolute atomic E-state index is 13.8. The van der Waals surface area contributed by atoms with Crippen molar-refractivity contribution in [2.75, 3.05) is 19.0 Å². The second-order valence-electron chi connectivity index (χ2n) is 9.51. The van der Waals surface area contributed by atoms with Crippen LogP contribution < -0.4 is 10.1 Å². The predicted octanol–water partition coefficient (Wildman–Crippen LogP) is 4.99. The number of nitrogens with zero attached hydrogens (tertiary/aromatic N) is 2. The first-order valence-electron chi connectivity index (χ1n) is 11.6. The van der Waals surface area contributed by atoms with Gasteiger partial charge in [-0.1, -0.05) is 6.07 Å². The number of hydrogen-bond acceptors (Lipinski definition) is 4. The second-order valence-corrected chi connectivity index (χ2v) is 10.5. The number of amides is 2. The molecule has 34 heavy (non-hydrogen) atoms. The van der Waals surface area contributed by atoms with Crippen LogP contribution in [0.2, 0.25) is 6.32 Å². The van der Waals surface area contributed by atoms with E-state index in [2.05, 4.69) is 41.2 Å². The average Bonchev–Trinajstić information content (AvgIpc) is 3.56. The van der Waals surface area contributed by atoms with E-state index < -0.39 is 0 Å². The number of aromatic nitrogens is 1. The number of anilines is 1. The van der Waals surface area contributed by atoms with E-state index in [0.717, 1.165) is 58.8 Å². The SMILES string of the molecule is [B]CC(=O)Nc1cc2c(cc1OC)CCn1c(C(=O)N3CCCC3(C)C)cc(-c3cccs3)c1-2. The molecule has 2 radical (unpaired) electrons. The Hall–Kier alpha value is -3.00. The molecule has 3 aromatic rings. The molecule has 0 unspecified atom stereocenters. The van der Waals surface area contributed by atoms with Gasteiger partial charge in [-0.05, 0) is 74.6 Å². The third kappa shape index (κ3) is 3.74. The third-order valence-electron chi connectivity index (χ3n) is 6.99. The molecule has 6 nitrogen and oxygen atoms in total. The van der Waals surface area contributed by atoms with E-state index in [4.69, 9.17) is 12.6 Å². The van der Waals surface area contributed by atoms with Crippen molar-refractivity contribution >= 4 is 36.7 Å². The number of aryl methyl sites for hydroxylation is 1. The Morgan fingerprint density at radius 1 is 1.21 bits per heavy atom. The number of ether oxygens (including phenoxy) is 1. The van der Waals surface area contributed by atoms with Gasteiger partial charge < -0.3 is 19.5 Å². The molecule has 174 valence electrons. The van der Waals surface area contributed by atoms with Gasteiger partial charge in [0.2, 0.25) is 5.91 Å². The molecule has 2 aromatic heterocycles. The Morgan fingerprint density at radius 2 is 2.03 bits per heavy atom. The van der Waals surface area contributed by atoms with Gasteiger partial charge >= 0.3 is 0 Å². The molecule has 1 saturated heterocycles. The van der Waals surface area contributed by atoms with Crippen molar-refractivity contribution in [3.05, 3.63) is 47.0 Å². The Morgan fingerprint density at radius 3 is 2.68 bits per heavy atom. The number of carbonyl (C=O) groups excluding carboxylic acids is 2. The summed E-state index contributed by atoms with van der Waals surface area (Å²) in [5.74, 6) is 0.406. The fraction of sp³-hybridized carbons (Fsp3) is 0.385. The largest absolute Gasteiger partial charge is 0.495 e. The van der Waals surface area contributed by atoms with Crippen molar-refractivity contribution in [2.24, 2.45) is 0 Å². The van der Waals surface area contributed by atoms with E-state index in [0.29, 0.717) is 18.0 Å². The highest BCUT2D eigenvalue weighted by Crippen LogP contribution is 2.45. The molecule has 2 aliphatic rings. The quantitative estimate of drug-likeness (QED) is 0.532. The van der Waals surface area contributed by atoms with Crippen LogP contribution in [0.15, 0.2) is 35.7 Å². The highest BCUT2D eigenvalue weighted by molar-refractivity contribution is 7.13. The number of thiophene rings is 1. The number of rotatable bonds is 5. The second kappa shape index (κ2) is 8.66. The molecule has 0 spiro atoms. The van der Waals surface area contributed by atoms with Crippen LogP contribution in [0.25, 0.3) is 21.7 Å². The van der Waals surface area contributed by atoms with Crippen LogP contribution in [-0.4, -0.2) is 48.3 Å². The van der Waals surface area contributed by atoms with E-state index in [-0.39, 0.29) is 23.7 Å². The van der Waals surface area contributed by atoms with Crippen LogP contribution in [0.1, 0.15) is 42.7 Å². The Bertz CT molecular complexity index is 1260. The van der Waals surface area contributed by atoms with Crippen LogP contribution in [0.3, 0.4) is 0 Å². The van der Waals surface area contributed by atoms with Crippen molar-refractivity contribution in [2.45, 2.75) is 51.5 Å². The van der Waals surface area contributed by atoms with Crippen LogP contribution in [-0.2, 0) is 17.8 Å².